The van der Waals surface area contributed by atoms with E-state index >= 15 is 0 Å². The van der Waals surface area contributed by atoms with Crippen molar-refractivity contribution >= 4 is 15.8 Å². The van der Waals surface area contributed by atoms with Crippen LogP contribution in [0.25, 0.3) is 0 Å². The molecule has 0 unspecified atom stereocenters. The molecule has 23 heavy (non-hydrogen) atoms. The van der Waals surface area contributed by atoms with Crippen LogP contribution in [-0.4, -0.2) is 25.7 Å². The van der Waals surface area contributed by atoms with Gasteiger partial charge in [0.15, 0.2) is 14.6 Å². The first-order valence-electron chi connectivity index (χ1n) is 7.30. The van der Waals surface area contributed by atoms with Crippen molar-refractivity contribution < 1.29 is 18.0 Å². The van der Waals surface area contributed by atoms with Crippen molar-refractivity contribution in [2.45, 2.75) is 51.2 Å². The van der Waals surface area contributed by atoms with Crippen LogP contribution in [0, 0.1) is 26.2 Å². The summed E-state index contributed by atoms with van der Waals surface area (Å²) < 4.78 is 24.9. The number of benzene rings is 1. The van der Waals surface area contributed by atoms with Crippen molar-refractivity contribution in [1.29, 1.82) is 0 Å². The SMILES string of the molecule is Cc1cc(C)c(S(=O)(=O)[C@@](CN)(C(=O)ON)C(C)(C)C)c(C)c1. The van der Waals surface area contributed by atoms with Crippen LogP contribution in [0.2, 0.25) is 0 Å². The van der Waals surface area contributed by atoms with Gasteiger partial charge in [0.2, 0.25) is 0 Å². The lowest BCUT2D eigenvalue weighted by Crippen LogP contribution is -2.62. The molecule has 0 aromatic heterocycles. The van der Waals surface area contributed by atoms with E-state index in [1.807, 2.05) is 6.92 Å². The molecule has 0 saturated heterocycles. The summed E-state index contributed by atoms with van der Waals surface area (Å²) in [5, 5.41) is 0. The van der Waals surface area contributed by atoms with E-state index in [1.165, 1.54) is 0 Å². The Bertz CT molecular complexity index is 697. The number of hydrogen-bond acceptors (Lipinski definition) is 6. The first kappa shape index (κ1) is 19.6. The zero-order valence-electron chi connectivity index (χ0n) is 14.6. The second-order valence-electron chi connectivity index (χ2n) is 6.92. The minimum absolute atomic E-state index is 0.105. The van der Waals surface area contributed by atoms with Crippen LogP contribution < -0.4 is 11.6 Å². The molecule has 0 amide bonds. The number of sulfone groups is 1. The molecular formula is C16H26N2O4S. The average molecular weight is 342 g/mol. The Labute approximate surface area is 138 Å². The van der Waals surface area contributed by atoms with E-state index in [-0.39, 0.29) is 4.90 Å². The average Bonchev–Trinajstić information content (AvgIpc) is 2.35. The molecule has 0 radical (unpaired) electrons. The summed E-state index contributed by atoms with van der Waals surface area (Å²) in [5.74, 6) is 3.99. The van der Waals surface area contributed by atoms with Crippen molar-refractivity contribution in [3.8, 4) is 0 Å². The Morgan fingerprint density at radius 1 is 1.13 bits per heavy atom. The standard InChI is InChI=1S/C16H26N2O4S/c1-10-7-11(2)13(12(3)8-10)23(20,21)16(9-17,14(19)22-18)15(4,5)6/h7-8H,9,17-18H2,1-6H3/t16-/m0/s1. The predicted octanol–water partition coefficient (Wildman–Crippen LogP) is 1.55. The molecule has 0 heterocycles. The lowest BCUT2D eigenvalue weighted by molar-refractivity contribution is -0.150. The highest BCUT2D eigenvalue weighted by atomic mass is 32.2. The second-order valence-corrected chi connectivity index (χ2v) is 9.03. The Morgan fingerprint density at radius 3 is 1.87 bits per heavy atom. The molecule has 1 atom stereocenters. The van der Waals surface area contributed by atoms with Gasteiger partial charge in [0.1, 0.15) is 0 Å². The highest BCUT2D eigenvalue weighted by Crippen LogP contribution is 2.43. The maximum Gasteiger partial charge on any atom is 0.348 e. The fourth-order valence-electron chi connectivity index (χ4n) is 3.18. The van der Waals surface area contributed by atoms with E-state index in [0.29, 0.717) is 11.1 Å². The van der Waals surface area contributed by atoms with Gasteiger partial charge in [0.05, 0.1) is 4.90 Å². The summed E-state index contributed by atoms with van der Waals surface area (Å²) in [5.41, 5.74) is 6.84. The number of rotatable bonds is 4. The molecule has 6 nitrogen and oxygen atoms in total. The third-order valence-electron chi connectivity index (χ3n) is 4.27. The van der Waals surface area contributed by atoms with E-state index in [4.69, 9.17) is 11.6 Å². The molecule has 1 aromatic carbocycles. The highest BCUT2D eigenvalue weighted by Gasteiger charge is 2.60. The lowest BCUT2D eigenvalue weighted by Gasteiger charge is -2.40. The normalized spacial score (nSPS) is 15.1. The van der Waals surface area contributed by atoms with Crippen LogP contribution in [0.1, 0.15) is 37.5 Å². The predicted molar refractivity (Wildman–Crippen MR) is 89.4 cm³/mol. The smallest absolute Gasteiger partial charge is 0.348 e. The molecule has 0 aliphatic heterocycles. The van der Waals surface area contributed by atoms with Gasteiger partial charge in [-0.05, 0) is 37.3 Å². The first-order chi connectivity index (χ1) is 10.4. The molecule has 0 spiro atoms. The van der Waals surface area contributed by atoms with Crippen molar-refractivity contribution in [3.63, 3.8) is 0 Å². The van der Waals surface area contributed by atoms with Crippen LogP contribution in [-0.2, 0) is 19.5 Å². The highest BCUT2D eigenvalue weighted by molar-refractivity contribution is 7.93. The van der Waals surface area contributed by atoms with Crippen molar-refractivity contribution in [2.75, 3.05) is 6.54 Å². The molecule has 0 aliphatic carbocycles. The van der Waals surface area contributed by atoms with E-state index < -0.39 is 32.5 Å². The number of hydrogen-bond donors (Lipinski definition) is 2. The molecule has 0 aliphatic rings. The topological polar surface area (TPSA) is 112 Å². The largest absolute Gasteiger partial charge is 0.372 e. The Hall–Kier alpha value is -1.44. The first-order valence-corrected chi connectivity index (χ1v) is 8.79. The summed E-state index contributed by atoms with van der Waals surface area (Å²) in [6.07, 6.45) is 0. The lowest BCUT2D eigenvalue weighted by atomic mass is 9.80. The molecule has 0 bridgehead atoms. The molecule has 1 rings (SSSR count). The zero-order valence-corrected chi connectivity index (χ0v) is 15.4. The minimum atomic E-state index is -4.14. The molecule has 4 N–H and O–H groups in total. The second kappa shape index (κ2) is 6.22. The van der Waals surface area contributed by atoms with Gasteiger partial charge in [-0.15, -0.1) is 0 Å². The number of aryl methyl sites for hydroxylation is 3. The number of carbonyl (C=O) groups excluding carboxylic acids is 1. The Morgan fingerprint density at radius 2 is 1.57 bits per heavy atom. The molecule has 130 valence electrons. The fourth-order valence-corrected chi connectivity index (χ4v) is 5.79. The molecule has 7 heteroatoms. The van der Waals surface area contributed by atoms with Gasteiger partial charge >= 0.3 is 5.97 Å². The monoisotopic (exact) mass is 342 g/mol. The van der Waals surface area contributed by atoms with Gasteiger partial charge in [-0.3, -0.25) is 0 Å². The summed E-state index contributed by atoms with van der Waals surface area (Å²) in [7, 11) is -4.14. The summed E-state index contributed by atoms with van der Waals surface area (Å²) in [4.78, 5) is 16.9. The van der Waals surface area contributed by atoms with E-state index in [1.54, 1.807) is 46.8 Å². The summed E-state index contributed by atoms with van der Waals surface area (Å²) >= 11 is 0. The van der Waals surface area contributed by atoms with Gasteiger partial charge in [-0.2, -0.15) is 5.90 Å². The molecule has 0 saturated carbocycles. The van der Waals surface area contributed by atoms with Crippen LogP contribution in [0.3, 0.4) is 0 Å². The van der Waals surface area contributed by atoms with Gasteiger partial charge in [0, 0.05) is 6.54 Å². The van der Waals surface area contributed by atoms with E-state index in [2.05, 4.69) is 4.84 Å². The van der Waals surface area contributed by atoms with Gasteiger partial charge in [-0.25, -0.2) is 13.2 Å². The molecule has 0 fully saturated rings. The third-order valence-corrected chi connectivity index (χ3v) is 7.31. The minimum Gasteiger partial charge on any atom is -0.372 e. The molecular weight excluding hydrogens is 316 g/mol. The van der Waals surface area contributed by atoms with Gasteiger partial charge in [-0.1, -0.05) is 38.5 Å². The summed E-state index contributed by atoms with van der Waals surface area (Å²) in [6, 6.07) is 3.52. The van der Waals surface area contributed by atoms with Crippen LogP contribution in [0.4, 0.5) is 0 Å². The molecule has 1 aromatic rings. The number of carbonyl (C=O) groups is 1. The maximum absolute atomic E-state index is 13.4. The van der Waals surface area contributed by atoms with Crippen molar-refractivity contribution in [1.82, 2.24) is 0 Å². The van der Waals surface area contributed by atoms with Gasteiger partial charge in [0.25, 0.3) is 0 Å². The number of nitrogens with two attached hydrogens (primary N) is 2. The van der Waals surface area contributed by atoms with Crippen LogP contribution >= 0.6 is 0 Å². The van der Waals surface area contributed by atoms with E-state index in [9.17, 15) is 13.2 Å². The van der Waals surface area contributed by atoms with Gasteiger partial charge < -0.3 is 10.6 Å². The third kappa shape index (κ3) is 2.88. The Kier molecular flexibility index (Phi) is 5.30. The fraction of sp³-hybridized carbons (Fsp3) is 0.562. The summed E-state index contributed by atoms with van der Waals surface area (Å²) in [6.45, 7) is 9.74. The maximum atomic E-state index is 13.4. The van der Waals surface area contributed by atoms with Crippen molar-refractivity contribution in [3.05, 3.63) is 28.8 Å². The van der Waals surface area contributed by atoms with Crippen LogP contribution in [0.15, 0.2) is 17.0 Å². The van der Waals surface area contributed by atoms with Crippen molar-refractivity contribution in [2.24, 2.45) is 17.0 Å². The van der Waals surface area contributed by atoms with E-state index in [0.717, 1.165) is 5.56 Å². The van der Waals surface area contributed by atoms with Crippen LogP contribution in [0.5, 0.6) is 0 Å². The zero-order chi connectivity index (χ0) is 18.2. The quantitative estimate of drug-likeness (QED) is 0.803. The Balaban J connectivity index is 3.90.